The Balaban J connectivity index is 1.85. The number of phenolic OH excluding ortho intramolecular Hbond substituents is 2. The Labute approximate surface area is 171 Å². The van der Waals surface area contributed by atoms with Gasteiger partial charge in [0.15, 0.2) is 5.60 Å². The number of phenols is 2. The first-order valence-electron chi connectivity index (χ1n) is 9.34. The molecule has 0 saturated heterocycles. The summed E-state index contributed by atoms with van der Waals surface area (Å²) < 4.78 is 17.0. The summed E-state index contributed by atoms with van der Waals surface area (Å²) in [6, 6.07) is 13.9. The first-order chi connectivity index (χ1) is 14.5. The minimum atomic E-state index is -1.40. The van der Waals surface area contributed by atoms with Crippen LogP contribution in [0.3, 0.4) is 0 Å². The molecule has 0 atom stereocenters. The maximum atomic E-state index is 13.1. The molecule has 2 aliphatic heterocycles. The zero-order valence-electron chi connectivity index (χ0n) is 15.8. The van der Waals surface area contributed by atoms with Crippen LogP contribution in [-0.2, 0) is 15.1 Å². The Bertz CT molecular complexity index is 1180. The number of benzene rings is 3. The van der Waals surface area contributed by atoms with Crippen molar-refractivity contribution in [2.75, 3.05) is 6.61 Å². The molecular weight excluding hydrogens is 388 g/mol. The van der Waals surface area contributed by atoms with E-state index in [9.17, 15) is 19.8 Å². The highest BCUT2D eigenvalue weighted by Gasteiger charge is 2.54. The Morgan fingerprint density at radius 1 is 0.967 bits per heavy atom. The van der Waals surface area contributed by atoms with E-state index in [2.05, 4.69) is 0 Å². The molecule has 0 bridgehead atoms. The fraction of sp³-hybridized carbons (Fsp3) is 0.130. The third-order valence-electron chi connectivity index (χ3n) is 5.30. The fourth-order valence-corrected chi connectivity index (χ4v) is 4.13. The van der Waals surface area contributed by atoms with Gasteiger partial charge >= 0.3 is 11.9 Å². The van der Waals surface area contributed by atoms with Crippen molar-refractivity contribution in [3.63, 3.8) is 0 Å². The molecule has 0 radical (unpaired) electrons. The van der Waals surface area contributed by atoms with E-state index in [1.165, 1.54) is 30.3 Å². The van der Waals surface area contributed by atoms with E-state index >= 15 is 0 Å². The van der Waals surface area contributed by atoms with Crippen LogP contribution >= 0.6 is 0 Å². The Morgan fingerprint density at radius 2 is 1.60 bits per heavy atom. The monoisotopic (exact) mass is 404 g/mol. The van der Waals surface area contributed by atoms with Crippen LogP contribution in [0.1, 0.15) is 44.3 Å². The predicted octanol–water partition coefficient (Wildman–Crippen LogP) is 3.84. The van der Waals surface area contributed by atoms with Gasteiger partial charge in [-0.1, -0.05) is 12.1 Å². The molecule has 2 N–H and O–H groups in total. The fourth-order valence-electron chi connectivity index (χ4n) is 4.13. The van der Waals surface area contributed by atoms with Crippen molar-refractivity contribution in [2.45, 2.75) is 12.5 Å². The second-order valence-electron chi connectivity index (χ2n) is 6.98. The average Bonchev–Trinajstić information content (AvgIpc) is 3.01. The van der Waals surface area contributed by atoms with Crippen molar-refractivity contribution < 1.29 is 34.0 Å². The number of hydrogen-bond acceptors (Lipinski definition) is 7. The van der Waals surface area contributed by atoms with Gasteiger partial charge in [-0.15, -0.1) is 0 Å². The summed E-state index contributed by atoms with van der Waals surface area (Å²) in [5.74, 6) is -0.805. The topological polar surface area (TPSA) is 102 Å². The Hall–Kier alpha value is -4.00. The lowest BCUT2D eigenvalue weighted by Gasteiger charge is -2.36. The van der Waals surface area contributed by atoms with Gasteiger partial charge in [-0.25, -0.2) is 9.59 Å². The second kappa shape index (κ2) is 6.25. The zero-order valence-corrected chi connectivity index (χ0v) is 15.8. The molecule has 7 nitrogen and oxygen atoms in total. The molecule has 7 heteroatoms. The largest absolute Gasteiger partial charge is 0.508 e. The first-order valence-corrected chi connectivity index (χ1v) is 9.34. The minimum absolute atomic E-state index is 0.0303. The molecule has 0 unspecified atom stereocenters. The number of rotatable bonds is 2. The van der Waals surface area contributed by atoms with Crippen molar-refractivity contribution in [1.82, 2.24) is 0 Å². The Morgan fingerprint density at radius 3 is 2.20 bits per heavy atom. The lowest BCUT2D eigenvalue weighted by atomic mass is 9.77. The van der Waals surface area contributed by atoms with E-state index in [1.807, 2.05) is 0 Å². The highest BCUT2D eigenvalue weighted by Crippen LogP contribution is 2.57. The molecule has 3 aromatic carbocycles. The minimum Gasteiger partial charge on any atom is -0.508 e. The van der Waals surface area contributed by atoms with Gasteiger partial charge in [0.25, 0.3) is 0 Å². The molecule has 3 aromatic rings. The van der Waals surface area contributed by atoms with E-state index < -0.39 is 17.5 Å². The summed E-state index contributed by atoms with van der Waals surface area (Å²) in [6.07, 6.45) is 0. The van der Waals surface area contributed by atoms with Crippen LogP contribution in [0.5, 0.6) is 23.0 Å². The van der Waals surface area contributed by atoms with Crippen molar-refractivity contribution in [1.29, 1.82) is 0 Å². The van der Waals surface area contributed by atoms with Crippen LogP contribution in [0.25, 0.3) is 0 Å². The zero-order chi connectivity index (χ0) is 21.0. The van der Waals surface area contributed by atoms with E-state index in [0.717, 1.165) is 0 Å². The molecular formula is C23H16O7. The number of ether oxygens (including phenoxy) is 3. The van der Waals surface area contributed by atoms with Gasteiger partial charge < -0.3 is 24.4 Å². The third-order valence-corrected chi connectivity index (χ3v) is 5.30. The van der Waals surface area contributed by atoms with Crippen LogP contribution in [0.15, 0.2) is 54.6 Å². The van der Waals surface area contributed by atoms with E-state index in [0.29, 0.717) is 16.7 Å². The van der Waals surface area contributed by atoms with Crippen LogP contribution in [0, 0.1) is 0 Å². The van der Waals surface area contributed by atoms with Gasteiger partial charge in [-0.2, -0.15) is 0 Å². The number of aromatic hydroxyl groups is 2. The summed E-state index contributed by atoms with van der Waals surface area (Å²) in [4.78, 5) is 25.5. The van der Waals surface area contributed by atoms with Gasteiger partial charge in [0.1, 0.15) is 23.0 Å². The lowest BCUT2D eigenvalue weighted by molar-refractivity contribution is 0.0220. The lowest BCUT2D eigenvalue weighted by Crippen LogP contribution is -2.32. The molecule has 0 saturated carbocycles. The van der Waals surface area contributed by atoms with E-state index in [-0.39, 0.29) is 40.7 Å². The summed E-state index contributed by atoms with van der Waals surface area (Å²) in [5, 5.41) is 19.9. The molecule has 1 spiro atoms. The number of fused-ring (bicyclic) bond motifs is 6. The maximum absolute atomic E-state index is 13.1. The van der Waals surface area contributed by atoms with Gasteiger partial charge in [-0.05, 0) is 37.3 Å². The molecule has 0 aromatic heterocycles. The van der Waals surface area contributed by atoms with Crippen molar-refractivity contribution in [3.8, 4) is 23.0 Å². The van der Waals surface area contributed by atoms with Gasteiger partial charge in [-0.3, -0.25) is 0 Å². The quantitative estimate of drug-likeness (QED) is 0.626. The van der Waals surface area contributed by atoms with Crippen LogP contribution in [-0.4, -0.2) is 28.8 Å². The number of carbonyl (C=O) groups excluding carboxylic acids is 2. The second-order valence-corrected chi connectivity index (χ2v) is 6.98. The van der Waals surface area contributed by atoms with E-state index in [4.69, 9.17) is 14.2 Å². The molecule has 150 valence electrons. The number of hydrogen-bond donors (Lipinski definition) is 2. The highest BCUT2D eigenvalue weighted by molar-refractivity contribution is 6.07. The average molecular weight is 404 g/mol. The van der Waals surface area contributed by atoms with Crippen LogP contribution in [0.4, 0.5) is 0 Å². The predicted molar refractivity (Wildman–Crippen MR) is 104 cm³/mol. The number of carbonyl (C=O) groups is 2. The van der Waals surface area contributed by atoms with Crippen LogP contribution in [0.2, 0.25) is 0 Å². The van der Waals surface area contributed by atoms with Crippen LogP contribution < -0.4 is 4.74 Å². The SMILES string of the molecule is CCOC(=O)c1cccc2c1C(=O)OC21c2ccc(O)cc2Oc2cc(O)ccc21. The van der Waals surface area contributed by atoms with Gasteiger partial charge in [0.2, 0.25) is 0 Å². The normalized spacial score (nSPS) is 14.9. The standard InChI is InChI=1S/C23H16O7/c1-2-28-21(26)14-4-3-5-17-20(14)22(27)30-23(17)15-8-6-12(24)10-18(15)29-19-11-13(25)7-9-16(19)23/h3-11,24-25H,2H2,1H3. The third kappa shape index (κ3) is 2.32. The molecule has 5 rings (SSSR count). The summed E-state index contributed by atoms with van der Waals surface area (Å²) in [6.45, 7) is 1.85. The first kappa shape index (κ1) is 18.1. The number of esters is 2. The van der Waals surface area contributed by atoms with Crippen molar-refractivity contribution >= 4 is 11.9 Å². The summed E-state index contributed by atoms with van der Waals surface area (Å²) in [5.41, 5.74) is 0.275. The molecule has 0 fully saturated rings. The summed E-state index contributed by atoms with van der Waals surface area (Å²) in [7, 11) is 0. The van der Waals surface area contributed by atoms with Crippen molar-refractivity contribution in [3.05, 3.63) is 82.4 Å². The molecule has 30 heavy (non-hydrogen) atoms. The molecule has 2 aliphatic rings. The molecule has 2 heterocycles. The summed E-state index contributed by atoms with van der Waals surface area (Å²) >= 11 is 0. The smallest absolute Gasteiger partial charge is 0.341 e. The van der Waals surface area contributed by atoms with Crippen molar-refractivity contribution in [2.24, 2.45) is 0 Å². The highest BCUT2D eigenvalue weighted by atomic mass is 16.6. The van der Waals surface area contributed by atoms with Gasteiger partial charge in [0, 0.05) is 28.8 Å². The maximum Gasteiger partial charge on any atom is 0.341 e. The van der Waals surface area contributed by atoms with Gasteiger partial charge in [0.05, 0.1) is 17.7 Å². The van der Waals surface area contributed by atoms with E-state index in [1.54, 1.807) is 31.2 Å². The molecule has 0 aliphatic carbocycles. The molecule has 0 amide bonds. The Kier molecular flexibility index (Phi) is 3.76.